The quantitative estimate of drug-likeness (QED) is 0.00637. The summed E-state index contributed by atoms with van der Waals surface area (Å²) in [5, 5.41) is 100. The molecule has 3 radical (unpaired) electrons. The monoisotopic (exact) mass is 2160 g/mol. The minimum absolute atomic E-state index is 0. The average molecular weight is 2160 g/mol. The number of aldehydes is 2. The summed E-state index contributed by atoms with van der Waals surface area (Å²) in [4.78, 5) is 170. The second-order valence-corrected chi connectivity index (χ2v) is 36.5. The normalized spacial score (nSPS) is 15.5. The number of carboxylic acids is 4. The number of methoxy groups -OCH3 is 1. The van der Waals surface area contributed by atoms with E-state index in [-0.39, 0.29) is 145 Å². The number of hydrogen-bond donors (Lipinski definition) is 7. The van der Waals surface area contributed by atoms with Gasteiger partial charge in [-0.25, -0.2) is 0 Å². The van der Waals surface area contributed by atoms with Crippen molar-refractivity contribution >= 4 is 107 Å². The second-order valence-electron chi connectivity index (χ2n) is 35.9. The van der Waals surface area contributed by atoms with Crippen LogP contribution in [0.1, 0.15) is 115 Å². The zero-order valence-electron chi connectivity index (χ0n) is 86.9. The van der Waals surface area contributed by atoms with Crippen molar-refractivity contribution in [3.63, 3.8) is 0 Å². The summed E-state index contributed by atoms with van der Waals surface area (Å²) in [5.74, 6) is -3.91. The number of benzene rings is 4. The number of aliphatic hydroxyl groups excluding tert-OH is 1. The number of nitrogens with zero attached hydrogens (tertiary/aromatic N) is 15. The predicted molar refractivity (Wildman–Crippen MR) is 528 cm³/mol. The molecule has 8 rings (SSSR count). The van der Waals surface area contributed by atoms with Gasteiger partial charge in [0.05, 0.1) is 85.2 Å². The second kappa shape index (κ2) is 76.1. The van der Waals surface area contributed by atoms with Crippen LogP contribution in [0.2, 0.25) is 0 Å². The minimum atomic E-state index is -4.64. The van der Waals surface area contributed by atoms with Crippen LogP contribution in [0.5, 0.6) is 5.75 Å². The van der Waals surface area contributed by atoms with Gasteiger partial charge < -0.3 is 61.3 Å². The Balaban J connectivity index is -0.000000538. The Bertz CT molecular complexity index is 4130. The molecule has 45 nitrogen and oxygen atoms in total. The summed E-state index contributed by atoms with van der Waals surface area (Å²) in [6, 6.07) is 26.8. The Morgan fingerprint density at radius 1 is 0.384 bits per heavy atom. The molecule has 0 saturated carbocycles. The van der Waals surface area contributed by atoms with Crippen LogP contribution < -0.4 is 44.9 Å². The molecular formula is C92H143BBrF6N17NaO28. The van der Waals surface area contributed by atoms with Gasteiger partial charge in [-0.15, -0.1) is 0 Å². The number of hydrogen-bond acceptors (Lipinski definition) is 37. The van der Waals surface area contributed by atoms with Gasteiger partial charge in [-0.1, -0.05) is 52.3 Å². The molecule has 4 saturated heterocycles. The molecule has 146 heavy (non-hydrogen) atoms. The summed E-state index contributed by atoms with van der Waals surface area (Å²) < 4.78 is 88.9. The van der Waals surface area contributed by atoms with Gasteiger partial charge in [-0.2, -0.15) is 31.6 Å². The minimum Gasteiger partial charge on any atom is -1.00 e. The summed E-state index contributed by atoms with van der Waals surface area (Å²) in [6.07, 6.45) is -11.4. The van der Waals surface area contributed by atoms with E-state index in [4.69, 9.17) is 64.1 Å². The van der Waals surface area contributed by atoms with E-state index in [1.54, 1.807) is 81.1 Å². The van der Waals surface area contributed by atoms with Crippen LogP contribution in [0.15, 0.2) is 97.1 Å². The number of aliphatic hydroxyl groups is 1. The largest absolute Gasteiger partial charge is 1.00 e. The fourth-order valence-electron chi connectivity index (χ4n) is 12.5. The predicted octanol–water partition coefficient (Wildman–Crippen LogP) is 4.97. The van der Waals surface area contributed by atoms with E-state index in [2.05, 4.69) is 56.0 Å². The topological polar surface area (TPSA) is 571 Å². The van der Waals surface area contributed by atoms with Gasteiger partial charge in [0.25, 0.3) is 22.7 Å². The summed E-state index contributed by atoms with van der Waals surface area (Å²) in [6.45, 7) is 43.5. The van der Waals surface area contributed by atoms with Crippen molar-refractivity contribution in [2.75, 3.05) is 223 Å². The van der Waals surface area contributed by atoms with Gasteiger partial charge in [0.15, 0.2) is 0 Å². The molecule has 4 aliphatic rings. The Morgan fingerprint density at radius 3 is 0.699 bits per heavy atom. The molecule has 54 heteroatoms. The van der Waals surface area contributed by atoms with Crippen LogP contribution in [-0.2, 0) is 85.3 Å². The van der Waals surface area contributed by atoms with Crippen LogP contribution in [-0.4, -0.2) is 421 Å². The van der Waals surface area contributed by atoms with Crippen molar-refractivity contribution in [3.8, 4) is 11.8 Å². The smallest absolute Gasteiger partial charge is 1.00 e. The number of aliphatic carboxylic acids is 4. The maximum Gasteiger partial charge on any atom is 1.00 e. The molecule has 7 N–H and O–H groups in total. The number of ether oxygens (including phenoxy) is 5. The summed E-state index contributed by atoms with van der Waals surface area (Å²) >= 11 is 3.25. The number of nitriles is 1. The third-order valence-electron chi connectivity index (χ3n) is 18.8. The summed E-state index contributed by atoms with van der Waals surface area (Å²) in [5.41, 5.74) is 1.23. The van der Waals surface area contributed by atoms with Crippen LogP contribution in [0.25, 0.3) is 0 Å². The first-order chi connectivity index (χ1) is 67.0. The molecule has 4 aromatic carbocycles. The first-order valence-electron chi connectivity index (χ1n) is 45.4. The molecule has 4 aromatic rings. The van der Waals surface area contributed by atoms with Gasteiger partial charge in [0.1, 0.15) is 28.2 Å². The first kappa shape index (κ1) is 142. The number of nitrogens with one attached hydrogen (secondary N) is 2. The number of non-ortho nitro benzene ring substituents is 4. The number of nitro groups is 4. The number of esters is 4. The fraction of sp³-hybridized carbons (Fsp3) is 0.620. The van der Waals surface area contributed by atoms with E-state index in [9.17, 15) is 105 Å². The van der Waals surface area contributed by atoms with Crippen molar-refractivity contribution in [2.45, 2.75) is 150 Å². The van der Waals surface area contributed by atoms with Crippen molar-refractivity contribution in [1.29, 1.82) is 5.26 Å². The molecule has 4 fully saturated rings. The van der Waals surface area contributed by atoms with Crippen LogP contribution in [0.3, 0.4) is 0 Å². The third-order valence-corrected chi connectivity index (χ3v) is 19.4. The molecule has 0 atom stereocenters. The number of rotatable bonds is 26. The zero-order valence-corrected chi connectivity index (χ0v) is 89.5. The van der Waals surface area contributed by atoms with E-state index in [1.807, 2.05) is 83.1 Å². The van der Waals surface area contributed by atoms with Crippen molar-refractivity contribution in [1.82, 2.24) is 59.6 Å². The Morgan fingerprint density at radius 2 is 0.548 bits per heavy atom. The fourth-order valence-corrected chi connectivity index (χ4v) is 12.9. The van der Waals surface area contributed by atoms with Gasteiger partial charge in [0, 0.05) is 246 Å². The molecule has 0 bridgehead atoms. The van der Waals surface area contributed by atoms with Crippen LogP contribution >= 0.6 is 15.9 Å². The maximum absolute atomic E-state index is 12.1. The number of nitro benzene ring substituents is 4. The van der Waals surface area contributed by atoms with E-state index >= 15 is 0 Å². The molecule has 4 heterocycles. The number of halogens is 7. The molecule has 0 unspecified atom stereocenters. The maximum atomic E-state index is 12.1. The summed E-state index contributed by atoms with van der Waals surface area (Å²) in [7, 11) is 1.52. The SMILES string of the molecule is CC#N.CC(C)(C)OC(=O)CN1CCNCCN(CC(=O)OC(C)(C)C)CC1.CC(C)(C)OC(=O)CN1CCNCCN(CC(=O)OC(C)(C)C)CC1.CCO.COc1ccc([N+](=O)[O-])cc1.O=C(O)CN1CCN(CC(=O)O)CCN(Cc2ccc([N+](=O)[O-])cc2)CC1.O=C(O)CN1CCN(CC(=O)O)CCN(Cc2ccc([N+](=O)[O-])cc2)CC1.O=CC(F)(F)F.O=CC(F)(F)F.O=[N+]([O-])c1ccc(CBr)cc1.[B].[H-].[Na+]. The van der Waals surface area contributed by atoms with Crippen molar-refractivity contribution in [2.24, 2.45) is 0 Å². The van der Waals surface area contributed by atoms with Crippen LogP contribution in [0.4, 0.5) is 49.1 Å². The zero-order chi connectivity index (χ0) is 110. The number of carbonyl (C=O) groups excluding carboxylic acids is 6. The van der Waals surface area contributed by atoms with E-state index in [0.717, 1.165) is 74.4 Å². The molecule has 0 aromatic heterocycles. The van der Waals surface area contributed by atoms with Gasteiger partial charge in [-0.3, -0.25) is 137 Å². The molecule has 0 aliphatic carbocycles. The number of carbonyl (C=O) groups is 10. The number of carboxylic acid groups (broad SMARTS) is 4. The van der Waals surface area contributed by atoms with Gasteiger partial charge in [0.2, 0.25) is 12.6 Å². The van der Waals surface area contributed by atoms with Crippen molar-refractivity contribution < 1.29 is 174 Å². The molecule has 817 valence electrons. The molecule has 0 spiro atoms. The number of alkyl halides is 7. The van der Waals surface area contributed by atoms with E-state index in [0.29, 0.717) is 124 Å². The van der Waals surface area contributed by atoms with Crippen LogP contribution in [0, 0.1) is 51.8 Å². The van der Waals surface area contributed by atoms with Gasteiger partial charge in [-0.05, 0) is 119 Å². The Hall–Kier alpha value is -10.5. The van der Waals surface area contributed by atoms with Crippen molar-refractivity contribution in [3.05, 3.63) is 154 Å². The third kappa shape index (κ3) is 79.7. The average Bonchev–Trinajstić information content (AvgIpc) is 1.59. The molecular weight excluding hydrogens is 2020 g/mol. The van der Waals surface area contributed by atoms with E-state index in [1.165, 1.54) is 62.6 Å². The molecule has 0 amide bonds. The van der Waals surface area contributed by atoms with E-state index < -0.39 is 90.9 Å². The standard InChI is InChI=1S/2C18H35N3O4.2C17H24N4O6.C7H6BrNO2.C7H7NO3.2C2HF3O.C2H3N.C2H6O.B.Na.H/c2*1-17(2,3)24-15(22)13-20-9-7-19-8-10-21(12-11-20)14-16(23)25-18(4,5)6;2*22-16(23)12-19-7-5-18(6-8-20(10-9-19)13-17(24)25)11-14-1-3-15(4-2-14)21(26)27;8-5-6-1-3-7(4-2-6)9(10)11;1-11-7-4-2-6(3-5-7)8(9)10;2*3-2(4,5)1-6;2*1-2-3;;;/h2*19H,7-14H2,1-6H3;2*1-4H,5-13H2,(H,22,23)(H,24,25);1-4H,5H2;2-5H,1H3;2*1H;1H3;3H,2H2,1H3;;;/q;;;;;;;;;;;+1;-1. The Kier molecular flexibility index (Phi) is 73.8. The first-order valence-corrected chi connectivity index (χ1v) is 46.5. The Labute approximate surface area is 880 Å². The van der Waals surface area contributed by atoms with Gasteiger partial charge >= 0.3 is 89.7 Å². The molecule has 4 aliphatic heterocycles.